The lowest BCUT2D eigenvalue weighted by Crippen LogP contribution is -2.49. The van der Waals surface area contributed by atoms with Crippen molar-refractivity contribution in [1.29, 1.82) is 0 Å². The number of rotatable bonds is 6. The second-order valence-corrected chi connectivity index (χ2v) is 6.84. The predicted octanol–water partition coefficient (Wildman–Crippen LogP) is 2.75. The van der Waals surface area contributed by atoms with E-state index in [9.17, 15) is 9.59 Å². The summed E-state index contributed by atoms with van der Waals surface area (Å²) in [6.07, 6.45) is 1.77. The zero-order valence-electron chi connectivity index (χ0n) is 15.1. The summed E-state index contributed by atoms with van der Waals surface area (Å²) in [5, 5.41) is 2.63. The third-order valence-electron chi connectivity index (χ3n) is 3.49. The van der Waals surface area contributed by atoms with Gasteiger partial charge in [-0.25, -0.2) is 4.79 Å². The minimum atomic E-state index is -1.12. The molecule has 136 valence electrons. The van der Waals surface area contributed by atoms with Gasteiger partial charge in [0.25, 0.3) is 0 Å². The average molecular weight is 347 g/mol. The lowest BCUT2D eigenvalue weighted by atomic mass is 10.1. The van der Waals surface area contributed by atoms with Crippen molar-refractivity contribution >= 4 is 11.9 Å². The Balaban J connectivity index is 1.99. The van der Waals surface area contributed by atoms with Crippen LogP contribution in [-0.2, 0) is 20.7 Å². The van der Waals surface area contributed by atoms with Crippen LogP contribution >= 0.6 is 0 Å². The van der Waals surface area contributed by atoms with Gasteiger partial charge in [-0.05, 0) is 51.3 Å². The van der Waals surface area contributed by atoms with Crippen LogP contribution < -0.4 is 14.8 Å². The molecule has 0 spiro atoms. The molecule has 1 heterocycles. The highest BCUT2D eigenvalue weighted by Crippen LogP contribution is 2.35. The smallest absolute Gasteiger partial charge is 0.329 e. The largest absolute Gasteiger partial charge is 0.458 e. The number of carbonyl (C=O) groups is 2. The van der Waals surface area contributed by atoms with Gasteiger partial charge in [-0.15, -0.1) is 6.58 Å². The summed E-state index contributed by atoms with van der Waals surface area (Å²) in [5.74, 6) is 0.00871. The highest BCUT2D eigenvalue weighted by Gasteiger charge is 2.34. The average Bonchev–Trinajstić information content (AvgIpc) is 2.94. The Labute approximate surface area is 148 Å². The summed E-state index contributed by atoms with van der Waals surface area (Å²) < 4.78 is 16.4. The molecule has 0 aromatic heterocycles. The Morgan fingerprint density at radius 1 is 1.32 bits per heavy atom. The number of hydrogen-bond acceptors (Lipinski definition) is 5. The molecule has 6 nitrogen and oxygen atoms in total. The Morgan fingerprint density at radius 3 is 2.60 bits per heavy atom. The third kappa shape index (κ3) is 4.98. The Bertz CT molecular complexity index is 662. The molecule has 1 aliphatic heterocycles. The molecule has 1 amide bonds. The first kappa shape index (κ1) is 18.8. The molecular weight excluding hydrogens is 322 g/mol. The standard InChI is InChI=1S/C19H25NO5/c1-6-8-12-9-10-14-15(11-12)24-18(23-14)16(21)20-13(7-2)17(22)25-19(3,4)5/h6,9-11,13,18H,1,7-8H2,2-5H3,(H,20,21). The number of nitrogens with one attached hydrogen (secondary N) is 1. The summed E-state index contributed by atoms with van der Waals surface area (Å²) in [7, 11) is 0. The zero-order chi connectivity index (χ0) is 18.6. The number of carbonyl (C=O) groups excluding carboxylic acids is 2. The Morgan fingerprint density at radius 2 is 2.00 bits per heavy atom. The van der Waals surface area contributed by atoms with Gasteiger partial charge in [-0.3, -0.25) is 4.79 Å². The van der Waals surface area contributed by atoms with E-state index in [1.165, 1.54) is 0 Å². The van der Waals surface area contributed by atoms with Crippen molar-refractivity contribution in [3.8, 4) is 11.5 Å². The molecule has 0 fully saturated rings. The van der Waals surface area contributed by atoms with E-state index >= 15 is 0 Å². The third-order valence-corrected chi connectivity index (χ3v) is 3.49. The van der Waals surface area contributed by atoms with Crippen LogP contribution in [0.1, 0.15) is 39.7 Å². The fourth-order valence-corrected chi connectivity index (χ4v) is 2.34. The number of fused-ring (bicyclic) bond motifs is 1. The summed E-state index contributed by atoms with van der Waals surface area (Å²) in [5.41, 5.74) is 0.395. The second kappa shape index (κ2) is 7.59. The van der Waals surface area contributed by atoms with E-state index in [1.807, 2.05) is 12.1 Å². The van der Waals surface area contributed by atoms with Gasteiger partial charge in [-0.1, -0.05) is 19.1 Å². The van der Waals surface area contributed by atoms with Crippen LogP contribution in [0.5, 0.6) is 11.5 Å². The van der Waals surface area contributed by atoms with Gasteiger partial charge in [0.05, 0.1) is 0 Å². The van der Waals surface area contributed by atoms with E-state index in [4.69, 9.17) is 14.2 Å². The number of amides is 1. The van der Waals surface area contributed by atoms with Crippen molar-refractivity contribution < 1.29 is 23.8 Å². The summed E-state index contributed by atoms with van der Waals surface area (Å²) >= 11 is 0. The van der Waals surface area contributed by atoms with Gasteiger partial charge in [-0.2, -0.15) is 0 Å². The summed E-state index contributed by atoms with van der Waals surface area (Å²) in [6.45, 7) is 10.8. The SMILES string of the molecule is C=CCc1ccc2c(c1)OC(C(=O)NC(CC)C(=O)OC(C)(C)C)O2. The van der Waals surface area contributed by atoms with Crippen LogP contribution in [0.15, 0.2) is 30.9 Å². The lowest BCUT2D eigenvalue weighted by molar-refractivity contribution is -0.160. The van der Waals surface area contributed by atoms with E-state index in [0.717, 1.165) is 5.56 Å². The highest BCUT2D eigenvalue weighted by atomic mass is 16.7. The van der Waals surface area contributed by atoms with Crippen LogP contribution in [-0.4, -0.2) is 29.8 Å². The Hall–Kier alpha value is -2.50. The second-order valence-electron chi connectivity index (χ2n) is 6.84. The maximum absolute atomic E-state index is 12.4. The van der Waals surface area contributed by atoms with Crippen LogP contribution in [0.3, 0.4) is 0 Å². The summed E-state index contributed by atoms with van der Waals surface area (Å²) in [6, 6.07) is 4.71. The van der Waals surface area contributed by atoms with Gasteiger partial charge in [0, 0.05) is 0 Å². The number of esters is 1. The molecule has 1 aromatic rings. The van der Waals surface area contributed by atoms with Crippen molar-refractivity contribution in [2.45, 2.75) is 58.5 Å². The quantitative estimate of drug-likeness (QED) is 0.633. The van der Waals surface area contributed by atoms with E-state index in [0.29, 0.717) is 24.3 Å². The minimum absolute atomic E-state index is 0.407. The van der Waals surface area contributed by atoms with E-state index in [-0.39, 0.29) is 0 Å². The first-order chi connectivity index (χ1) is 11.7. The number of allylic oxidation sites excluding steroid dienone is 1. The maximum Gasteiger partial charge on any atom is 0.329 e. The normalized spacial score (nSPS) is 16.9. The van der Waals surface area contributed by atoms with Crippen LogP contribution in [0.2, 0.25) is 0 Å². The first-order valence-electron chi connectivity index (χ1n) is 8.34. The molecule has 0 radical (unpaired) electrons. The molecule has 1 N–H and O–H groups in total. The van der Waals surface area contributed by atoms with Gasteiger partial charge in [0.15, 0.2) is 11.5 Å². The number of hydrogen-bond donors (Lipinski definition) is 1. The van der Waals surface area contributed by atoms with E-state index in [2.05, 4.69) is 11.9 Å². The molecule has 0 bridgehead atoms. The van der Waals surface area contributed by atoms with E-state index in [1.54, 1.807) is 39.8 Å². The molecule has 25 heavy (non-hydrogen) atoms. The van der Waals surface area contributed by atoms with Gasteiger partial charge >= 0.3 is 18.2 Å². The molecule has 1 aliphatic rings. The Kier molecular flexibility index (Phi) is 5.72. The molecule has 0 aliphatic carbocycles. The lowest BCUT2D eigenvalue weighted by Gasteiger charge is -2.24. The zero-order valence-corrected chi connectivity index (χ0v) is 15.1. The van der Waals surface area contributed by atoms with E-state index < -0.39 is 29.8 Å². The molecular formula is C19H25NO5. The molecule has 1 aromatic carbocycles. The topological polar surface area (TPSA) is 73.9 Å². The fraction of sp³-hybridized carbons (Fsp3) is 0.474. The first-order valence-corrected chi connectivity index (χ1v) is 8.34. The predicted molar refractivity (Wildman–Crippen MR) is 93.5 cm³/mol. The van der Waals surface area contributed by atoms with Crippen molar-refractivity contribution in [3.05, 3.63) is 36.4 Å². The van der Waals surface area contributed by atoms with Crippen molar-refractivity contribution in [2.24, 2.45) is 0 Å². The van der Waals surface area contributed by atoms with Gasteiger partial charge in [0.1, 0.15) is 11.6 Å². The van der Waals surface area contributed by atoms with Crippen molar-refractivity contribution in [1.82, 2.24) is 5.32 Å². The summed E-state index contributed by atoms with van der Waals surface area (Å²) in [4.78, 5) is 24.5. The molecule has 6 heteroatoms. The van der Waals surface area contributed by atoms with Crippen molar-refractivity contribution in [3.63, 3.8) is 0 Å². The minimum Gasteiger partial charge on any atom is -0.458 e. The van der Waals surface area contributed by atoms with Gasteiger partial charge < -0.3 is 19.5 Å². The van der Waals surface area contributed by atoms with Crippen molar-refractivity contribution in [2.75, 3.05) is 0 Å². The monoisotopic (exact) mass is 347 g/mol. The van der Waals surface area contributed by atoms with Gasteiger partial charge in [0.2, 0.25) is 0 Å². The highest BCUT2D eigenvalue weighted by molar-refractivity contribution is 5.87. The van der Waals surface area contributed by atoms with Crippen LogP contribution in [0.4, 0.5) is 0 Å². The van der Waals surface area contributed by atoms with Crippen LogP contribution in [0, 0.1) is 0 Å². The number of ether oxygens (including phenoxy) is 3. The molecule has 2 atom stereocenters. The fourth-order valence-electron chi connectivity index (χ4n) is 2.34. The molecule has 2 unspecified atom stereocenters. The molecule has 2 rings (SSSR count). The van der Waals surface area contributed by atoms with Crippen LogP contribution in [0.25, 0.3) is 0 Å². The molecule has 0 saturated carbocycles. The number of benzene rings is 1. The maximum atomic E-state index is 12.4. The molecule has 0 saturated heterocycles.